The fourth-order valence-electron chi connectivity index (χ4n) is 1.96. The van der Waals surface area contributed by atoms with Gasteiger partial charge in [-0.15, -0.1) is 0 Å². The number of rotatable bonds is 2. The molecule has 0 fully saturated rings. The Labute approximate surface area is 119 Å². The molecule has 0 aromatic heterocycles. The number of fused-ring (bicyclic) bond motifs is 1. The van der Waals surface area contributed by atoms with Crippen LogP contribution in [0.4, 0.5) is 0 Å². The van der Waals surface area contributed by atoms with E-state index in [4.69, 9.17) is 0 Å². The van der Waals surface area contributed by atoms with Crippen LogP contribution in [0.25, 0.3) is 10.8 Å². The van der Waals surface area contributed by atoms with Crippen molar-refractivity contribution >= 4 is 10.8 Å². The molecule has 2 rings (SSSR count). The zero-order valence-electron chi connectivity index (χ0n) is 10.4. The lowest BCUT2D eigenvalue weighted by molar-refractivity contribution is -0.883. The number of phenolic OH excluding ortho intramolecular Hbond substituents is 1. The van der Waals surface area contributed by atoms with Crippen molar-refractivity contribution in [1.29, 1.82) is 0 Å². The van der Waals surface area contributed by atoms with Gasteiger partial charge in [-0.25, -0.2) is 0 Å². The lowest BCUT2D eigenvalue weighted by atomic mass is 10.0. The van der Waals surface area contributed by atoms with Gasteiger partial charge >= 0.3 is 0 Å². The summed E-state index contributed by atoms with van der Waals surface area (Å²) in [6.45, 7) is 0.827. The maximum atomic E-state index is 9.96. The van der Waals surface area contributed by atoms with Gasteiger partial charge in [-0.05, 0) is 16.8 Å². The van der Waals surface area contributed by atoms with E-state index in [9.17, 15) is 5.11 Å². The lowest BCUT2D eigenvalue weighted by Gasteiger charge is -2.25. The molecule has 92 valence electrons. The molecule has 0 atom stereocenters. The molecule has 0 unspecified atom stereocenters. The molecule has 0 heterocycles. The van der Waals surface area contributed by atoms with Crippen LogP contribution in [0, 0.1) is 0 Å². The smallest absolute Gasteiger partial charge is 0.125 e. The minimum absolute atomic E-state index is 0. The van der Waals surface area contributed by atoms with Gasteiger partial charge in [-0.2, -0.15) is 0 Å². The molecule has 0 radical (unpaired) electrons. The molecule has 0 aliphatic carbocycles. The van der Waals surface area contributed by atoms with Crippen molar-refractivity contribution in [2.75, 3.05) is 21.1 Å². The predicted molar refractivity (Wildman–Crippen MR) is 67.3 cm³/mol. The van der Waals surface area contributed by atoms with E-state index in [2.05, 4.69) is 33.3 Å². The van der Waals surface area contributed by atoms with Gasteiger partial charge in [0.1, 0.15) is 12.3 Å². The Hall–Kier alpha value is -0.810. The van der Waals surface area contributed by atoms with E-state index < -0.39 is 0 Å². The van der Waals surface area contributed by atoms with Gasteiger partial charge < -0.3 is 33.6 Å². The zero-order valence-corrected chi connectivity index (χ0v) is 12.6. The summed E-state index contributed by atoms with van der Waals surface area (Å²) in [6.07, 6.45) is 0. The molecular formula is C14H18INO. The van der Waals surface area contributed by atoms with Gasteiger partial charge in [-0.3, -0.25) is 0 Å². The second-order valence-electron chi connectivity index (χ2n) is 5.23. The highest BCUT2D eigenvalue weighted by molar-refractivity contribution is 5.87. The van der Waals surface area contributed by atoms with Crippen LogP contribution in [0.1, 0.15) is 5.56 Å². The van der Waals surface area contributed by atoms with Crippen LogP contribution in [-0.4, -0.2) is 30.7 Å². The minimum atomic E-state index is 0. The quantitative estimate of drug-likeness (QED) is 0.589. The molecule has 2 nitrogen and oxygen atoms in total. The van der Waals surface area contributed by atoms with Crippen molar-refractivity contribution in [2.45, 2.75) is 6.54 Å². The Balaban J connectivity index is 0.00000144. The minimum Gasteiger partial charge on any atom is -1.00 e. The van der Waals surface area contributed by atoms with Crippen LogP contribution in [0.15, 0.2) is 36.4 Å². The van der Waals surface area contributed by atoms with E-state index in [1.165, 1.54) is 5.39 Å². The molecule has 0 saturated heterocycles. The van der Waals surface area contributed by atoms with E-state index in [1.807, 2.05) is 18.2 Å². The second kappa shape index (κ2) is 5.23. The molecule has 0 bridgehead atoms. The second-order valence-corrected chi connectivity index (χ2v) is 5.23. The third-order valence-corrected chi connectivity index (χ3v) is 2.65. The molecule has 2 aromatic carbocycles. The Morgan fingerprint density at radius 3 is 2.29 bits per heavy atom. The summed E-state index contributed by atoms with van der Waals surface area (Å²) < 4.78 is 0.807. The predicted octanol–water partition coefficient (Wildman–Crippen LogP) is -0.244. The van der Waals surface area contributed by atoms with E-state index in [-0.39, 0.29) is 24.0 Å². The van der Waals surface area contributed by atoms with Crippen molar-refractivity contribution in [3.63, 3.8) is 0 Å². The van der Waals surface area contributed by atoms with Gasteiger partial charge in [-0.1, -0.05) is 30.3 Å². The van der Waals surface area contributed by atoms with E-state index in [1.54, 1.807) is 6.07 Å². The molecular weight excluding hydrogens is 325 g/mol. The van der Waals surface area contributed by atoms with Crippen molar-refractivity contribution in [3.05, 3.63) is 42.0 Å². The zero-order chi connectivity index (χ0) is 11.8. The first-order chi connectivity index (χ1) is 7.47. The van der Waals surface area contributed by atoms with Crippen LogP contribution < -0.4 is 24.0 Å². The number of phenols is 1. The first-order valence-corrected chi connectivity index (χ1v) is 5.47. The van der Waals surface area contributed by atoms with Gasteiger partial charge in [0.15, 0.2) is 0 Å². The van der Waals surface area contributed by atoms with Crippen LogP contribution in [0.5, 0.6) is 5.75 Å². The number of quaternary nitrogens is 1. The first kappa shape index (κ1) is 14.3. The Morgan fingerprint density at radius 1 is 1.00 bits per heavy atom. The number of nitrogens with zero attached hydrogens (tertiary/aromatic N) is 1. The summed E-state index contributed by atoms with van der Waals surface area (Å²) in [7, 11) is 6.38. The van der Waals surface area contributed by atoms with Gasteiger partial charge in [0.25, 0.3) is 0 Å². The van der Waals surface area contributed by atoms with Crippen LogP contribution in [0.2, 0.25) is 0 Å². The maximum absolute atomic E-state index is 9.96. The average molecular weight is 343 g/mol. The molecule has 1 N–H and O–H groups in total. The molecule has 0 aliphatic heterocycles. The van der Waals surface area contributed by atoms with E-state index in [0.717, 1.165) is 22.0 Å². The van der Waals surface area contributed by atoms with E-state index in [0.29, 0.717) is 5.75 Å². The first-order valence-electron chi connectivity index (χ1n) is 5.47. The lowest BCUT2D eigenvalue weighted by Crippen LogP contribution is -3.00. The van der Waals surface area contributed by atoms with Crippen molar-refractivity contribution in [2.24, 2.45) is 0 Å². The average Bonchev–Trinajstić information content (AvgIpc) is 2.21. The third kappa shape index (κ3) is 3.33. The highest BCUT2D eigenvalue weighted by atomic mass is 127. The molecule has 0 spiro atoms. The monoisotopic (exact) mass is 343 g/mol. The summed E-state index contributed by atoms with van der Waals surface area (Å²) in [6, 6.07) is 11.9. The Bertz CT molecular complexity index is 517. The SMILES string of the molecule is C[N+](C)(C)Cc1c(O)ccc2ccccc12.[I-]. The normalized spacial score (nSPS) is 11.2. The van der Waals surface area contributed by atoms with Crippen molar-refractivity contribution < 1.29 is 33.6 Å². The van der Waals surface area contributed by atoms with Crippen LogP contribution in [0.3, 0.4) is 0 Å². The summed E-state index contributed by atoms with van der Waals surface area (Å²) in [5.74, 6) is 0.395. The number of halogens is 1. The van der Waals surface area contributed by atoms with Crippen LogP contribution in [-0.2, 0) is 6.54 Å². The molecule has 0 aliphatic rings. The van der Waals surface area contributed by atoms with Gasteiger partial charge in [0.05, 0.1) is 26.7 Å². The highest BCUT2D eigenvalue weighted by Crippen LogP contribution is 2.28. The van der Waals surface area contributed by atoms with Gasteiger partial charge in [0, 0.05) is 0 Å². The van der Waals surface area contributed by atoms with Crippen molar-refractivity contribution in [3.8, 4) is 5.75 Å². The summed E-state index contributed by atoms with van der Waals surface area (Å²) in [5.41, 5.74) is 1.03. The molecule has 0 amide bonds. The summed E-state index contributed by atoms with van der Waals surface area (Å²) in [5, 5.41) is 12.3. The van der Waals surface area contributed by atoms with Crippen molar-refractivity contribution in [1.82, 2.24) is 0 Å². The Kier molecular flexibility index (Phi) is 4.38. The number of benzene rings is 2. The fraction of sp³-hybridized carbons (Fsp3) is 0.286. The standard InChI is InChI=1S/C14H17NO.HI/c1-15(2,3)10-13-12-7-5-4-6-11(12)8-9-14(13)16;/h4-9H,10H2,1-3H3;1H. The Morgan fingerprint density at radius 2 is 1.65 bits per heavy atom. The highest BCUT2D eigenvalue weighted by Gasteiger charge is 2.14. The number of hydrogen-bond acceptors (Lipinski definition) is 1. The molecule has 3 heteroatoms. The fourth-order valence-corrected chi connectivity index (χ4v) is 1.96. The molecule has 0 saturated carbocycles. The number of hydrogen-bond donors (Lipinski definition) is 1. The largest absolute Gasteiger partial charge is 1.00 e. The number of aromatic hydroxyl groups is 1. The molecule has 17 heavy (non-hydrogen) atoms. The maximum Gasteiger partial charge on any atom is 0.125 e. The molecule has 2 aromatic rings. The van der Waals surface area contributed by atoms with E-state index >= 15 is 0 Å². The summed E-state index contributed by atoms with van der Waals surface area (Å²) >= 11 is 0. The third-order valence-electron chi connectivity index (χ3n) is 2.65. The topological polar surface area (TPSA) is 20.2 Å². The van der Waals surface area contributed by atoms with Gasteiger partial charge in [0.2, 0.25) is 0 Å². The summed E-state index contributed by atoms with van der Waals surface area (Å²) in [4.78, 5) is 0. The van der Waals surface area contributed by atoms with Crippen LogP contribution >= 0.6 is 0 Å².